The molecular formula is C16H29N5O2S. The SMILES string of the molecule is CCNC(=NCc1csc(N(C)C)n1)NC(C)COC1CCOC1. The summed E-state index contributed by atoms with van der Waals surface area (Å²) >= 11 is 1.63. The Labute approximate surface area is 148 Å². The molecule has 0 spiro atoms. The molecule has 0 aromatic carbocycles. The number of ether oxygens (including phenoxy) is 2. The maximum Gasteiger partial charge on any atom is 0.191 e. The van der Waals surface area contributed by atoms with Crippen LogP contribution in [0.4, 0.5) is 5.13 Å². The van der Waals surface area contributed by atoms with E-state index in [0.29, 0.717) is 19.8 Å². The lowest BCUT2D eigenvalue weighted by molar-refractivity contribution is 0.0347. The zero-order valence-corrected chi connectivity index (χ0v) is 15.9. The zero-order valence-electron chi connectivity index (χ0n) is 15.0. The molecule has 8 heteroatoms. The van der Waals surface area contributed by atoms with Crippen LogP contribution in [0.5, 0.6) is 0 Å². The average molecular weight is 356 g/mol. The molecule has 1 fully saturated rings. The molecule has 0 amide bonds. The number of nitrogens with one attached hydrogen (secondary N) is 2. The van der Waals surface area contributed by atoms with Crippen molar-refractivity contribution in [3.8, 4) is 0 Å². The highest BCUT2D eigenvalue weighted by atomic mass is 32.1. The summed E-state index contributed by atoms with van der Waals surface area (Å²) in [6.07, 6.45) is 1.21. The van der Waals surface area contributed by atoms with Gasteiger partial charge >= 0.3 is 0 Å². The topological polar surface area (TPSA) is 71.0 Å². The van der Waals surface area contributed by atoms with Gasteiger partial charge < -0.3 is 25.0 Å². The Kier molecular flexibility index (Phi) is 7.74. The smallest absolute Gasteiger partial charge is 0.191 e. The first-order chi connectivity index (χ1) is 11.6. The van der Waals surface area contributed by atoms with Crippen LogP contribution in [0.2, 0.25) is 0 Å². The molecule has 2 unspecified atom stereocenters. The third kappa shape index (κ3) is 6.26. The van der Waals surface area contributed by atoms with E-state index in [1.807, 2.05) is 19.0 Å². The quantitative estimate of drug-likeness (QED) is 0.543. The van der Waals surface area contributed by atoms with Gasteiger partial charge in [-0.25, -0.2) is 9.98 Å². The summed E-state index contributed by atoms with van der Waals surface area (Å²) in [6, 6.07) is 0.177. The first-order valence-corrected chi connectivity index (χ1v) is 9.32. The van der Waals surface area contributed by atoms with Gasteiger partial charge in [0.25, 0.3) is 0 Å². The maximum absolute atomic E-state index is 5.85. The second-order valence-corrected chi connectivity index (χ2v) is 6.91. The zero-order chi connectivity index (χ0) is 17.4. The minimum atomic E-state index is 0.177. The number of anilines is 1. The molecule has 2 atom stereocenters. The van der Waals surface area contributed by atoms with Crippen LogP contribution in [-0.2, 0) is 16.0 Å². The van der Waals surface area contributed by atoms with Crippen molar-refractivity contribution in [3.63, 3.8) is 0 Å². The standard InChI is InChI=1S/C16H29N5O2S/c1-5-17-15(18-8-13-11-24-16(20-13)21(3)4)19-12(2)9-23-14-6-7-22-10-14/h11-12,14H,5-10H2,1-4H3,(H2,17,18,19). The summed E-state index contributed by atoms with van der Waals surface area (Å²) in [6.45, 7) is 7.68. The molecule has 1 aliphatic rings. The van der Waals surface area contributed by atoms with E-state index < -0.39 is 0 Å². The summed E-state index contributed by atoms with van der Waals surface area (Å²) < 4.78 is 11.2. The predicted octanol–water partition coefficient (Wildman–Crippen LogP) is 1.46. The third-order valence-electron chi connectivity index (χ3n) is 3.52. The van der Waals surface area contributed by atoms with Crippen LogP contribution in [0, 0.1) is 0 Å². The van der Waals surface area contributed by atoms with Gasteiger partial charge in [-0.1, -0.05) is 0 Å². The van der Waals surface area contributed by atoms with E-state index in [2.05, 4.69) is 39.8 Å². The Morgan fingerprint density at radius 1 is 1.58 bits per heavy atom. The van der Waals surface area contributed by atoms with Crippen molar-refractivity contribution in [1.29, 1.82) is 0 Å². The second kappa shape index (κ2) is 9.80. The highest BCUT2D eigenvalue weighted by molar-refractivity contribution is 7.13. The van der Waals surface area contributed by atoms with Crippen LogP contribution in [0.25, 0.3) is 0 Å². The van der Waals surface area contributed by atoms with E-state index in [9.17, 15) is 0 Å². The Hall–Kier alpha value is -1.38. The molecule has 7 nitrogen and oxygen atoms in total. The van der Waals surface area contributed by atoms with Gasteiger partial charge in [-0.15, -0.1) is 11.3 Å². The fraction of sp³-hybridized carbons (Fsp3) is 0.750. The van der Waals surface area contributed by atoms with Crippen LogP contribution < -0.4 is 15.5 Å². The summed E-state index contributed by atoms with van der Waals surface area (Å²) in [4.78, 5) is 11.2. The van der Waals surface area contributed by atoms with Crippen molar-refractivity contribution in [1.82, 2.24) is 15.6 Å². The van der Waals surface area contributed by atoms with Gasteiger partial charge in [-0.3, -0.25) is 0 Å². The van der Waals surface area contributed by atoms with Gasteiger partial charge in [0.05, 0.1) is 31.6 Å². The van der Waals surface area contributed by atoms with Crippen molar-refractivity contribution >= 4 is 22.4 Å². The largest absolute Gasteiger partial charge is 0.379 e. The first-order valence-electron chi connectivity index (χ1n) is 8.44. The van der Waals surface area contributed by atoms with Crippen molar-refractivity contribution in [2.75, 3.05) is 45.4 Å². The molecule has 0 radical (unpaired) electrons. The normalized spacial score (nSPS) is 19.3. The van der Waals surface area contributed by atoms with Crippen LogP contribution in [0.15, 0.2) is 10.4 Å². The highest BCUT2D eigenvalue weighted by Crippen LogP contribution is 2.18. The first kappa shape index (κ1) is 19.0. The number of hydrogen-bond acceptors (Lipinski definition) is 6. The summed E-state index contributed by atoms with van der Waals surface area (Å²) in [5.41, 5.74) is 0.980. The van der Waals surface area contributed by atoms with Crippen molar-refractivity contribution in [2.45, 2.75) is 39.0 Å². The van der Waals surface area contributed by atoms with E-state index in [1.165, 1.54) is 0 Å². The summed E-state index contributed by atoms with van der Waals surface area (Å²) in [5.74, 6) is 0.788. The van der Waals surface area contributed by atoms with Gasteiger partial charge in [0, 0.05) is 38.7 Å². The number of aliphatic imine (C=N–C) groups is 1. The molecule has 0 saturated carbocycles. The Balaban J connectivity index is 1.82. The lowest BCUT2D eigenvalue weighted by atomic mass is 10.3. The van der Waals surface area contributed by atoms with E-state index in [4.69, 9.17) is 9.47 Å². The lowest BCUT2D eigenvalue weighted by Crippen LogP contribution is -2.44. The van der Waals surface area contributed by atoms with Crippen LogP contribution in [-0.4, -0.2) is 63.6 Å². The summed E-state index contributed by atoms with van der Waals surface area (Å²) in [5, 5.41) is 9.69. The van der Waals surface area contributed by atoms with Crippen LogP contribution >= 0.6 is 11.3 Å². The molecule has 1 saturated heterocycles. The molecular weight excluding hydrogens is 326 g/mol. The van der Waals surface area contributed by atoms with Crippen molar-refractivity contribution in [2.24, 2.45) is 4.99 Å². The molecule has 1 aromatic heterocycles. The van der Waals surface area contributed by atoms with E-state index >= 15 is 0 Å². The van der Waals surface area contributed by atoms with Gasteiger partial charge in [0.1, 0.15) is 0 Å². The van der Waals surface area contributed by atoms with E-state index in [1.54, 1.807) is 11.3 Å². The van der Waals surface area contributed by atoms with Crippen molar-refractivity contribution in [3.05, 3.63) is 11.1 Å². The average Bonchev–Trinajstić information content (AvgIpc) is 3.22. The molecule has 2 rings (SSSR count). The fourth-order valence-electron chi connectivity index (χ4n) is 2.25. The molecule has 1 aliphatic heterocycles. The molecule has 1 aromatic rings. The van der Waals surface area contributed by atoms with Gasteiger partial charge in [0.15, 0.2) is 11.1 Å². The van der Waals surface area contributed by atoms with Crippen molar-refractivity contribution < 1.29 is 9.47 Å². The maximum atomic E-state index is 5.85. The predicted molar refractivity (Wildman–Crippen MR) is 99.0 cm³/mol. The molecule has 2 N–H and O–H groups in total. The number of rotatable bonds is 8. The van der Waals surface area contributed by atoms with E-state index in [-0.39, 0.29) is 12.1 Å². The molecule has 24 heavy (non-hydrogen) atoms. The monoisotopic (exact) mass is 355 g/mol. The molecule has 0 bridgehead atoms. The van der Waals surface area contributed by atoms with Gasteiger partial charge in [-0.2, -0.15) is 0 Å². The molecule has 0 aliphatic carbocycles. The number of nitrogens with zero attached hydrogens (tertiary/aromatic N) is 3. The highest BCUT2D eigenvalue weighted by Gasteiger charge is 2.17. The number of aromatic nitrogens is 1. The van der Waals surface area contributed by atoms with Crippen LogP contribution in [0.1, 0.15) is 26.0 Å². The van der Waals surface area contributed by atoms with Gasteiger partial charge in [-0.05, 0) is 20.3 Å². The second-order valence-electron chi connectivity index (χ2n) is 6.08. The fourth-order valence-corrected chi connectivity index (χ4v) is 3.00. The third-order valence-corrected chi connectivity index (χ3v) is 4.58. The molecule has 136 valence electrons. The molecule has 2 heterocycles. The number of thiazole rings is 1. The van der Waals surface area contributed by atoms with E-state index in [0.717, 1.165) is 36.4 Å². The summed E-state index contributed by atoms with van der Waals surface area (Å²) in [7, 11) is 3.99. The minimum absolute atomic E-state index is 0.177. The lowest BCUT2D eigenvalue weighted by Gasteiger charge is -2.19. The van der Waals surface area contributed by atoms with Crippen LogP contribution in [0.3, 0.4) is 0 Å². The van der Waals surface area contributed by atoms with Gasteiger partial charge in [0.2, 0.25) is 0 Å². The number of guanidine groups is 1. The Morgan fingerprint density at radius 2 is 2.42 bits per heavy atom. The Bertz CT molecular complexity index is 514. The Morgan fingerprint density at radius 3 is 3.04 bits per heavy atom. The number of hydrogen-bond donors (Lipinski definition) is 2. The minimum Gasteiger partial charge on any atom is -0.379 e.